The van der Waals surface area contributed by atoms with Crippen LogP contribution in [0.2, 0.25) is 0 Å². The third kappa shape index (κ3) is 1.81. The second kappa shape index (κ2) is 4.40. The second-order valence-electron chi connectivity index (χ2n) is 3.50. The normalized spacial score (nSPS) is 16.3. The van der Waals surface area contributed by atoms with Crippen LogP contribution in [0.1, 0.15) is 0 Å². The Morgan fingerprint density at radius 2 is 2.31 bits per heavy atom. The molecule has 1 fully saturated rings. The van der Waals surface area contributed by atoms with Crippen molar-refractivity contribution in [3.8, 4) is 5.75 Å². The van der Waals surface area contributed by atoms with Crippen molar-refractivity contribution in [1.82, 2.24) is 0 Å². The number of ether oxygens (including phenoxy) is 2. The molecule has 1 amide bonds. The number of anilines is 2. The van der Waals surface area contributed by atoms with E-state index in [0.717, 1.165) is 0 Å². The number of benzene rings is 1. The zero-order valence-corrected chi connectivity index (χ0v) is 9.10. The molecule has 0 aromatic heterocycles. The Labute approximate surface area is 93.7 Å². The average molecular weight is 222 g/mol. The van der Waals surface area contributed by atoms with Gasteiger partial charge in [0.15, 0.2) is 5.75 Å². The summed E-state index contributed by atoms with van der Waals surface area (Å²) in [5.41, 5.74) is 7.02. The van der Waals surface area contributed by atoms with Gasteiger partial charge in [0.05, 0.1) is 25.1 Å². The highest BCUT2D eigenvalue weighted by molar-refractivity contribution is 5.97. The predicted molar refractivity (Wildman–Crippen MR) is 60.6 cm³/mol. The topological polar surface area (TPSA) is 64.8 Å². The van der Waals surface area contributed by atoms with Crippen LogP contribution in [0.25, 0.3) is 0 Å². The van der Waals surface area contributed by atoms with Crippen molar-refractivity contribution >= 4 is 17.3 Å². The largest absolute Gasteiger partial charge is 0.492 e. The number of nitrogens with zero attached hydrogens (tertiary/aromatic N) is 1. The van der Waals surface area contributed by atoms with Gasteiger partial charge < -0.3 is 20.1 Å². The predicted octanol–water partition coefficient (Wildman–Crippen LogP) is 0.641. The Balaban J connectivity index is 2.38. The van der Waals surface area contributed by atoms with Gasteiger partial charge in [0.25, 0.3) is 5.91 Å². The third-order valence-electron chi connectivity index (χ3n) is 2.51. The maximum atomic E-state index is 11.7. The van der Waals surface area contributed by atoms with E-state index in [1.54, 1.807) is 24.1 Å². The van der Waals surface area contributed by atoms with Crippen LogP contribution in [0.5, 0.6) is 5.75 Å². The summed E-state index contributed by atoms with van der Waals surface area (Å²) in [5, 5.41) is 0. The molecule has 0 unspecified atom stereocenters. The highest BCUT2D eigenvalue weighted by Crippen LogP contribution is 2.34. The van der Waals surface area contributed by atoms with Gasteiger partial charge in [-0.3, -0.25) is 4.79 Å². The quantitative estimate of drug-likeness (QED) is 0.746. The Bertz CT molecular complexity index is 406. The summed E-state index contributed by atoms with van der Waals surface area (Å²) in [6.45, 7) is 1.17. The molecular weight excluding hydrogens is 208 g/mol. The molecule has 0 bridgehead atoms. The lowest BCUT2D eigenvalue weighted by atomic mass is 10.2. The minimum atomic E-state index is -0.0739. The number of morpholine rings is 1. The minimum Gasteiger partial charge on any atom is -0.492 e. The fourth-order valence-electron chi connectivity index (χ4n) is 1.75. The third-order valence-corrected chi connectivity index (χ3v) is 2.51. The first-order valence-electron chi connectivity index (χ1n) is 5.04. The lowest BCUT2D eigenvalue weighted by molar-refractivity contribution is -0.125. The summed E-state index contributed by atoms with van der Waals surface area (Å²) in [6.07, 6.45) is 0. The van der Waals surface area contributed by atoms with E-state index in [4.69, 9.17) is 15.2 Å². The first-order valence-corrected chi connectivity index (χ1v) is 5.04. The number of para-hydroxylation sites is 1. The fourth-order valence-corrected chi connectivity index (χ4v) is 1.75. The van der Waals surface area contributed by atoms with Crippen LogP contribution in [0.3, 0.4) is 0 Å². The SMILES string of the molecule is COc1c(N)cccc1N1CCOCC1=O. The van der Waals surface area contributed by atoms with Crippen LogP contribution >= 0.6 is 0 Å². The number of nitrogen functional groups attached to an aromatic ring is 1. The number of hydrogen-bond acceptors (Lipinski definition) is 4. The van der Waals surface area contributed by atoms with Crippen molar-refractivity contribution in [3.05, 3.63) is 18.2 Å². The standard InChI is InChI=1S/C11H14N2O3/c1-15-11-8(12)3-2-4-9(11)13-5-6-16-7-10(13)14/h2-4H,5-7,12H2,1H3. The zero-order valence-electron chi connectivity index (χ0n) is 9.10. The maximum absolute atomic E-state index is 11.7. The summed E-state index contributed by atoms with van der Waals surface area (Å²) in [5.74, 6) is 0.466. The molecule has 1 aliphatic rings. The Morgan fingerprint density at radius 3 is 3.00 bits per heavy atom. The van der Waals surface area contributed by atoms with Crippen LogP contribution in [-0.2, 0) is 9.53 Å². The molecule has 0 atom stereocenters. The molecule has 1 heterocycles. The summed E-state index contributed by atoms with van der Waals surface area (Å²) in [7, 11) is 1.54. The van der Waals surface area contributed by atoms with Crippen molar-refractivity contribution < 1.29 is 14.3 Å². The van der Waals surface area contributed by atoms with E-state index >= 15 is 0 Å². The first kappa shape index (κ1) is 10.8. The molecule has 2 rings (SSSR count). The summed E-state index contributed by atoms with van der Waals surface area (Å²) in [4.78, 5) is 13.3. The summed E-state index contributed by atoms with van der Waals surface area (Å²) < 4.78 is 10.3. The first-order chi connectivity index (χ1) is 7.74. The summed E-state index contributed by atoms with van der Waals surface area (Å²) >= 11 is 0. The lowest BCUT2D eigenvalue weighted by Crippen LogP contribution is -2.41. The van der Waals surface area contributed by atoms with E-state index in [1.807, 2.05) is 6.07 Å². The lowest BCUT2D eigenvalue weighted by Gasteiger charge is -2.28. The molecule has 0 spiro atoms. The van der Waals surface area contributed by atoms with Crippen LogP contribution < -0.4 is 15.4 Å². The van der Waals surface area contributed by atoms with Gasteiger partial charge >= 0.3 is 0 Å². The number of amides is 1. The van der Waals surface area contributed by atoms with Gasteiger partial charge in [0, 0.05) is 6.54 Å². The molecule has 2 N–H and O–H groups in total. The van der Waals surface area contributed by atoms with E-state index in [1.165, 1.54) is 0 Å². The molecule has 1 aliphatic heterocycles. The van der Waals surface area contributed by atoms with Gasteiger partial charge in [-0.25, -0.2) is 0 Å². The zero-order chi connectivity index (χ0) is 11.5. The fraction of sp³-hybridized carbons (Fsp3) is 0.364. The van der Waals surface area contributed by atoms with E-state index in [0.29, 0.717) is 30.3 Å². The van der Waals surface area contributed by atoms with Gasteiger partial charge in [-0.05, 0) is 12.1 Å². The van der Waals surface area contributed by atoms with Crippen LogP contribution in [-0.4, -0.2) is 32.8 Å². The minimum absolute atomic E-state index is 0.0739. The van der Waals surface area contributed by atoms with E-state index in [9.17, 15) is 4.79 Å². The molecule has 5 heteroatoms. The number of methoxy groups -OCH3 is 1. The molecule has 1 saturated heterocycles. The molecule has 1 aromatic rings. The molecule has 0 saturated carbocycles. The number of hydrogen-bond donors (Lipinski definition) is 1. The van der Waals surface area contributed by atoms with Crippen molar-refractivity contribution in [1.29, 1.82) is 0 Å². The maximum Gasteiger partial charge on any atom is 0.253 e. The monoisotopic (exact) mass is 222 g/mol. The van der Waals surface area contributed by atoms with Gasteiger partial charge in [0.1, 0.15) is 6.61 Å². The molecular formula is C11H14N2O3. The number of carbonyl (C=O) groups excluding carboxylic acids is 1. The van der Waals surface area contributed by atoms with Gasteiger partial charge in [-0.15, -0.1) is 0 Å². The number of nitrogens with two attached hydrogens (primary N) is 1. The Morgan fingerprint density at radius 1 is 1.50 bits per heavy atom. The van der Waals surface area contributed by atoms with E-state index < -0.39 is 0 Å². The van der Waals surface area contributed by atoms with Gasteiger partial charge in [-0.1, -0.05) is 6.07 Å². The Hall–Kier alpha value is -1.75. The average Bonchev–Trinajstić information content (AvgIpc) is 2.29. The van der Waals surface area contributed by atoms with Crippen LogP contribution in [0.4, 0.5) is 11.4 Å². The summed E-state index contributed by atoms with van der Waals surface area (Å²) in [6, 6.07) is 5.36. The van der Waals surface area contributed by atoms with Gasteiger partial charge in [0.2, 0.25) is 0 Å². The van der Waals surface area contributed by atoms with E-state index in [-0.39, 0.29) is 12.5 Å². The molecule has 86 valence electrons. The van der Waals surface area contributed by atoms with Crippen LogP contribution in [0, 0.1) is 0 Å². The number of carbonyl (C=O) groups is 1. The highest BCUT2D eigenvalue weighted by atomic mass is 16.5. The number of rotatable bonds is 2. The molecule has 0 radical (unpaired) electrons. The molecule has 16 heavy (non-hydrogen) atoms. The second-order valence-corrected chi connectivity index (χ2v) is 3.50. The van der Waals surface area contributed by atoms with Crippen molar-refractivity contribution in [3.63, 3.8) is 0 Å². The smallest absolute Gasteiger partial charge is 0.253 e. The highest BCUT2D eigenvalue weighted by Gasteiger charge is 2.23. The molecule has 0 aliphatic carbocycles. The molecule has 1 aromatic carbocycles. The van der Waals surface area contributed by atoms with Crippen molar-refractivity contribution in [2.45, 2.75) is 0 Å². The van der Waals surface area contributed by atoms with Crippen molar-refractivity contribution in [2.75, 3.05) is 37.5 Å². The Kier molecular flexibility index (Phi) is 2.96. The van der Waals surface area contributed by atoms with E-state index in [2.05, 4.69) is 0 Å². The van der Waals surface area contributed by atoms with Crippen LogP contribution in [0.15, 0.2) is 18.2 Å². The molecule has 5 nitrogen and oxygen atoms in total. The van der Waals surface area contributed by atoms with Gasteiger partial charge in [-0.2, -0.15) is 0 Å². The van der Waals surface area contributed by atoms with Crippen molar-refractivity contribution in [2.24, 2.45) is 0 Å².